The summed E-state index contributed by atoms with van der Waals surface area (Å²) in [6, 6.07) is 24.0. The van der Waals surface area contributed by atoms with Crippen LogP contribution in [0.2, 0.25) is 0 Å². The lowest BCUT2D eigenvalue weighted by atomic mass is 10.1. The molecule has 0 aromatic heterocycles. The van der Waals surface area contributed by atoms with E-state index in [2.05, 4.69) is 5.32 Å². The van der Waals surface area contributed by atoms with Gasteiger partial charge in [-0.05, 0) is 49.2 Å². The van der Waals surface area contributed by atoms with Crippen molar-refractivity contribution in [3.05, 3.63) is 95.6 Å². The molecule has 0 aliphatic rings. The molecular weight excluding hydrogens is 424 g/mol. The van der Waals surface area contributed by atoms with Crippen LogP contribution in [0.15, 0.2) is 78.9 Å². The maximum Gasteiger partial charge on any atom is 0.258 e. The number of amides is 1. The van der Waals surface area contributed by atoms with Crippen molar-refractivity contribution in [3.8, 4) is 5.75 Å². The highest BCUT2D eigenvalue weighted by Gasteiger charge is 2.18. The van der Waals surface area contributed by atoms with Crippen LogP contribution in [0.25, 0.3) is 0 Å². The fraction of sp³-hybridized carbons (Fsp3) is 0.240. The first-order chi connectivity index (χ1) is 15.2. The monoisotopic (exact) mass is 452 g/mol. The highest BCUT2D eigenvalue weighted by Crippen LogP contribution is 2.24. The van der Waals surface area contributed by atoms with Crippen molar-refractivity contribution in [2.75, 3.05) is 17.2 Å². The lowest BCUT2D eigenvalue weighted by Crippen LogP contribution is -2.31. The molecule has 168 valence electrons. The van der Waals surface area contributed by atoms with Gasteiger partial charge < -0.3 is 10.1 Å². The van der Waals surface area contributed by atoms with Crippen molar-refractivity contribution in [3.63, 3.8) is 0 Å². The number of aryl methyl sites for hydroxylation is 1. The van der Waals surface area contributed by atoms with Gasteiger partial charge in [0.2, 0.25) is 10.0 Å². The summed E-state index contributed by atoms with van der Waals surface area (Å²) in [4.78, 5) is 12.2. The first-order valence-electron chi connectivity index (χ1n) is 10.3. The molecule has 1 unspecified atom stereocenters. The van der Waals surface area contributed by atoms with Gasteiger partial charge in [-0.2, -0.15) is 0 Å². The van der Waals surface area contributed by atoms with Crippen LogP contribution in [0.3, 0.4) is 0 Å². The molecule has 1 amide bonds. The number of hydrogen-bond acceptors (Lipinski definition) is 4. The van der Waals surface area contributed by atoms with E-state index < -0.39 is 10.0 Å². The first kappa shape index (κ1) is 23.3. The minimum absolute atomic E-state index is 0.125. The van der Waals surface area contributed by atoms with E-state index in [-0.39, 0.29) is 25.1 Å². The Labute approximate surface area is 189 Å². The van der Waals surface area contributed by atoms with Gasteiger partial charge in [-0.1, -0.05) is 60.2 Å². The predicted molar refractivity (Wildman–Crippen MR) is 127 cm³/mol. The first-order valence-corrected chi connectivity index (χ1v) is 12.2. The van der Waals surface area contributed by atoms with Crippen molar-refractivity contribution in [2.45, 2.75) is 26.4 Å². The molecule has 0 heterocycles. The van der Waals surface area contributed by atoms with Gasteiger partial charge >= 0.3 is 0 Å². The molecule has 7 heteroatoms. The number of carbonyl (C=O) groups is 1. The molecule has 3 aromatic rings. The van der Waals surface area contributed by atoms with E-state index in [1.54, 1.807) is 24.3 Å². The van der Waals surface area contributed by atoms with Crippen molar-refractivity contribution in [1.82, 2.24) is 5.32 Å². The molecule has 0 bridgehead atoms. The number of rotatable bonds is 9. The number of anilines is 1. The molecule has 0 spiro atoms. The van der Waals surface area contributed by atoms with Crippen LogP contribution < -0.4 is 14.4 Å². The summed E-state index contributed by atoms with van der Waals surface area (Å²) < 4.78 is 31.6. The normalized spacial score (nSPS) is 12.1. The third-order valence-electron chi connectivity index (χ3n) is 5.02. The van der Waals surface area contributed by atoms with Gasteiger partial charge in [0, 0.05) is 0 Å². The van der Waals surface area contributed by atoms with Gasteiger partial charge in [-0.25, -0.2) is 8.42 Å². The smallest absolute Gasteiger partial charge is 0.258 e. The van der Waals surface area contributed by atoms with Crippen molar-refractivity contribution < 1.29 is 17.9 Å². The van der Waals surface area contributed by atoms with Gasteiger partial charge in [-0.3, -0.25) is 9.10 Å². The molecule has 3 rings (SSSR count). The fourth-order valence-corrected chi connectivity index (χ4v) is 4.11. The average Bonchev–Trinajstić information content (AvgIpc) is 2.77. The quantitative estimate of drug-likeness (QED) is 0.528. The summed E-state index contributed by atoms with van der Waals surface area (Å²) in [5.41, 5.74) is 3.55. The Balaban J connectivity index is 1.61. The van der Waals surface area contributed by atoms with Gasteiger partial charge in [0.05, 0.1) is 24.5 Å². The fourth-order valence-electron chi connectivity index (χ4n) is 3.23. The summed E-state index contributed by atoms with van der Waals surface area (Å²) in [6.45, 7) is 4.00. The number of nitrogens with zero attached hydrogens (tertiary/aromatic N) is 1. The van der Waals surface area contributed by atoms with Crippen LogP contribution in [-0.4, -0.2) is 27.2 Å². The van der Waals surface area contributed by atoms with Crippen molar-refractivity contribution >= 4 is 21.6 Å². The molecule has 1 atom stereocenters. The highest BCUT2D eigenvalue weighted by molar-refractivity contribution is 7.92. The second kappa shape index (κ2) is 10.3. The van der Waals surface area contributed by atoms with Crippen LogP contribution in [0.4, 0.5) is 5.69 Å². The zero-order valence-electron chi connectivity index (χ0n) is 18.5. The Morgan fingerprint density at radius 3 is 2.19 bits per heavy atom. The molecule has 3 aromatic carbocycles. The molecular formula is C25H28N2O4S. The molecule has 0 aliphatic carbocycles. The number of ether oxygens (including phenoxy) is 1. The molecule has 1 N–H and O–H groups in total. The second-order valence-electron chi connectivity index (χ2n) is 7.74. The SMILES string of the molecule is Cc1ccc(CN(c2ccc(OCC(=O)NC(C)c3ccccc3)cc2)S(C)(=O)=O)cc1. The summed E-state index contributed by atoms with van der Waals surface area (Å²) >= 11 is 0. The van der Waals surface area contributed by atoms with E-state index in [1.165, 1.54) is 10.6 Å². The summed E-state index contributed by atoms with van der Waals surface area (Å²) in [5.74, 6) is 0.252. The van der Waals surface area contributed by atoms with E-state index in [0.29, 0.717) is 11.4 Å². The van der Waals surface area contributed by atoms with Gasteiger partial charge in [0.15, 0.2) is 6.61 Å². The summed E-state index contributed by atoms with van der Waals surface area (Å²) in [5, 5.41) is 2.90. The molecule has 0 saturated carbocycles. The Morgan fingerprint density at radius 1 is 0.969 bits per heavy atom. The van der Waals surface area contributed by atoms with E-state index in [9.17, 15) is 13.2 Å². The molecule has 0 radical (unpaired) electrons. The lowest BCUT2D eigenvalue weighted by molar-refractivity contribution is -0.123. The maximum absolute atomic E-state index is 12.4. The Bertz CT molecular complexity index is 1130. The predicted octanol–water partition coefficient (Wildman–Crippen LogP) is 4.22. The number of carbonyl (C=O) groups excluding carboxylic acids is 1. The second-order valence-corrected chi connectivity index (χ2v) is 9.64. The number of nitrogens with one attached hydrogen (secondary N) is 1. The third-order valence-corrected chi connectivity index (χ3v) is 6.16. The molecule has 0 aliphatic heterocycles. The molecule has 6 nitrogen and oxygen atoms in total. The van der Waals surface area contributed by atoms with E-state index >= 15 is 0 Å². The minimum Gasteiger partial charge on any atom is -0.484 e. The maximum atomic E-state index is 12.4. The Morgan fingerprint density at radius 2 is 1.59 bits per heavy atom. The standard InChI is InChI=1S/C25H28N2O4S/c1-19-9-11-21(12-10-19)17-27(32(3,29)30)23-13-15-24(16-14-23)31-18-25(28)26-20(2)22-7-5-4-6-8-22/h4-16,20H,17-18H2,1-3H3,(H,26,28). The van der Waals surface area contributed by atoms with Crippen LogP contribution in [0, 0.1) is 6.92 Å². The van der Waals surface area contributed by atoms with Crippen molar-refractivity contribution in [2.24, 2.45) is 0 Å². The number of hydrogen-bond donors (Lipinski definition) is 1. The van der Waals surface area contributed by atoms with Gasteiger partial charge in [0.25, 0.3) is 5.91 Å². The third kappa shape index (κ3) is 6.59. The topological polar surface area (TPSA) is 75.7 Å². The van der Waals surface area contributed by atoms with Crippen LogP contribution in [-0.2, 0) is 21.4 Å². The number of benzene rings is 3. The van der Waals surface area contributed by atoms with Crippen LogP contribution >= 0.6 is 0 Å². The van der Waals surface area contributed by atoms with Gasteiger partial charge in [0.1, 0.15) is 5.75 Å². The largest absolute Gasteiger partial charge is 0.484 e. The lowest BCUT2D eigenvalue weighted by Gasteiger charge is -2.23. The Kier molecular flexibility index (Phi) is 7.53. The minimum atomic E-state index is -3.48. The van der Waals surface area contributed by atoms with Gasteiger partial charge in [-0.15, -0.1) is 0 Å². The summed E-state index contributed by atoms with van der Waals surface area (Å²) in [7, 11) is -3.48. The molecule has 0 saturated heterocycles. The summed E-state index contributed by atoms with van der Waals surface area (Å²) in [6.07, 6.45) is 1.18. The van der Waals surface area contributed by atoms with Crippen LogP contribution in [0.1, 0.15) is 29.7 Å². The Hall–Kier alpha value is -3.32. The van der Waals surface area contributed by atoms with Crippen molar-refractivity contribution in [1.29, 1.82) is 0 Å². The molecule has 0 fully saturated rings. The van der Waals surface area contributed by atoms with Crippen LogP contribution in [0.5, 0.6) is 5.75 Å². The zero-order chi connectivity index (χ0) is 23.1. The highest BCUT2D eigenvalue weighted by atomic mass is 32.2. The van der Waals surface area contributed by atoms with E-state index in [0.717, 1.165) is 16.7 Å². The van der Waals surface area contributed by atoms with E-state index in [4.69, 9.17) is 4.74 Å². The van der Waals surface area contributed by atoms with E-state index in [1.807, 2.05) is 68.4 Å². The zero-order valence-corrected chi connectivity index (χ0v) is 19.3. The number of sulfonamides is 1. The molecule has 32 heavy (non-hydrogen) atoms. The average molecular weight is 453 g/mol.